The number of piperazine rings is 1. The predicted molar refractivity (Wildman–Crippen MR) is 81.5 cm³/mol. The summed E-state index contributed by atoms with van der Waals surface area (Å²) < 4.78 is 0. The van der Waals surface area contributed by atoms with E-state index in [9.17, 15) is 4.79 Å². The smallest absolute Gasteiger partial charge is 0.150 e. The van der Waals surface area contributed by atoms with Gasteiger partial charge in [-0.1, -0.05) is 0 Å². The van der Waals surface area contributed by atoms with Crippen LogP contribution in [0.15, 0.2) is 24.3 Å². The molecule has 0 unspecified atom stereocenters. The summed E-state index contributed by atoms with van der Waals surface area (Å²) in [6.07, 6.45) is 3.39. The largest absolute Gasteiger partial charge is 0.371 e. The van der Waals surface area contributed by atoms with Crippen LogP contribution in [0.25, 0.3) is 0 Å². The summed E-state index contributed by atoms with van der Waals surface area (Å²) in [6.45, 7) is 6.89. The van der Waals surface area contributed by atoms with Crippen LogP contribution in [0.2, 0.25) is 0 Å². The summed E-state index contributed by atoms with van der Waals surface area (Å²) in [7, 11) is 0. The van der Waals surface area contributed by atoms with E-state index in [-0.39, 0.29) is 0 Å². The third-order valence-electron chi connectivity index (χ3n) is 4.53. The highest BCUT2D eigenvalue weighted by molar-refractivity contribution is 5.75. The molecule has 108 valence electrons. The second kappa shape index (κ2) is 6.37. The maximum atomic E-state index is 10.7. The number of piperidine rings is 1. The van der Waals surface area contributed by atoms with Crippen LogP contribution in [0.4, 0.5) is 5.69 Å². The Labute approximate surface area is 120 Å². The van der Waals surface area contributed by atoms with Gasteiger partial charge in [-0.3, -0.25) is 9.69 Å². The molecule has 4 nitrogen and oxygen atoms in total. The van der Waals surface area contributed by atoms with Gasteiger partial charge in [-0.2, -0.15) is 0 Å². The van der Waals surface area contributed by atoms with E-state index < -0.39 is 0 Å². The molecule has 1 aromatic carbocycles. The zero-order chi connectivity index (χ0) is 13.8. The molecule has 0 atom stereocenters. The molecule has 20 heavy (non-hydrogen) atoms. The minimum absolute atomic E-state index is 0.752. The van der Waals surface area contributed by atoms with Crippen LogP contribution in [0.3, 0.4) is 0 Å². The molecule has 3 rings (SSSR count). The Bertz CT molecular complexity index is 432. The van der Waals surface area contributed by atoms with Crippen molar-refractivity contribution in [2.75, 3.05) is 44.2 Å². The molecule has 2 aliphatic heterocycles. The van der Waals surface area contributed by atoms with Gasteiger partial charge in [0.1, 0.15) is 6.29 Å². The van der Waals surface area contributed by atoms with Gasteiger partial charge < -0.3 is 10.2 Å². The summed E-state index contributed by atoms with van der Waals surface area (Å²) in [5.74, 6) is 0. The van der Waals surface area contributed by atoms with Crippen LogP contribution in [-0.4, -0.2) is 56.5 Å². The maximum absolute atomic E-state index is 10.7. The van der Waals surface area contributed by atoms with Crippen molar-refractivity contribution in [3.63, 3.8) is 0 Å². The molecule has 2 fully saturated rings. The summed E-state index contributed by atoms with van der Waals surface area (Å²) >= 11 is 0. The van der Waals surface area contributed by atoms with Crippen molar-refractivity contribution in [2.45, 2.75) is 18.9 Å². The zero-order valence-electron chi connectivity index (χ0n) is 11.9. The van der Waals surface area contributed by atoms with E-state index in [0.29, 0.717) is 0 Å². The maximum Gasteiger partial charge on any atom is 0.150 e. The number of benzene rings is 1. The Morgan fingerprint density at radius 3 is 2.25 bits per heavy atom. The standard InChI is InChI=1S/C16H23N3O/c20-13-14-1-3-15(4-2-14)18-9-5-16(6-10-18)19-11-7-17-8-12-19/h1-4,13,16-17H,5-12H2. The molecule has 1 N–H and O–H groups in total. The van der Waals surface area contributed by atoms with Crippen LogP contribution in [0, 0.1) is 0 Å². The molecule has 0 radical (unpaired) electrons. The van der Waals surface area contributed by atoms with Gasteiger partial charge in [0, 0.05) is 56.6 Å². The molecule has 0 aromatic heterocycles. The van der Waals surface area contributed by atoms with Gasteiger partial charge in [-0.05, 0) is 37.1 Å². The molecule has 2 heterocycles. The van der Waals surface area contributed by atoms with Gasteiger partial charge >= 0.3 is 0 Å². The van der Waals surface area contributed by atoms with Crippen molar-refractivity contribution in [3.05, 3.63) is 29.8 Å². The van der Waals surface area contributed by atoms with Gasteiger partial charge in [0.05, 0.1) is 0 Å². The molecule has 1 aromatic rings. The molecule has 2 saturated heterocycles. The molecular formula is C16H23N3O. The summed E-state index contributed by atoms with van der Waals surface area (Å²) in [5.41, 5.74) is 2.00. The van der Waals surface area contributed by atoms with E-state index in [1.54, 1.807) is 0 Å². The molecular weight excluding hydrogens is 250 g/mol. The van der Waals surface area contributed by atoms with E-state index in [2.05, 4.69) is 27.2 Å². The fourth-order valence-electron chi connectivity index (χ4n) is 3.30. The van der Waals surface area contributed by atoms with Crippen molar-refractivity contribution in [1.29, 1.82) is 0 Å². The van der Waals surface area contributed by atoms with E-state index in [4.69, 9.17) is 0 Å². The fourth-order valence-corrected chi connectivity index (χ4v) is 3.30. The lowest BCUT2D eigenvalue weighted by molar-refractivity contribution is 0.112. The third kappa shape index (κ3) is 3.02. The Morgan fingerprint density at radius 2 is 1.65 bits per heavy atom. The predicted octanol–water partition coefficient (Wildman–Crippen LogP) is 1.37. The quantitative estimate of drug-likeness (QED) is 0.844. The number of aldehydes is 1. The molecule has 0 bridgehead atoms. The molecule has 2 aliphatic rings. The molecule has 4 heteroatoms. The first-order valence-corrected chi connectivity index (χ1v) is 7.62. The number of hydrogen-bond acceptors (Lipinski definition) is 4. The Morgan fingerprint density at radius 1 is 1.00 bits per heavy atom. The normalized spacial score (nSPS) is 21.9. The lowest BCUT2D eigenvalue weighted by atomic mass is 10.0. The molecule has 0 spiro atoms. The van der Waals surface area contributed by atoms with Crippen LogP contribution in [0.1, 0.15) is 23.2 Å². The molecule has 0 saturated carbocycles. The van der Waals surface area contributed by atoms with Crippen molar-refractivity contribution >= 4 is 12.0 Å². The lowest BCUT2D eigenvalue weighted by Crippen LogP contribution is -2.52. The summed E-state index contributed by atoms with van der Waals surface area (Å²) in [6, 6.07) is 8.70. The highest BCUT2D eigenvalue weighted by atomic mass is 16.1. The first kappa shape index (κ1) is 13.6. The molecule has 0 aliphatic carbocycles. The number of hydrogen-bond donors (Lipinski definition) is 1. The Kier molecular flexibility index (Phi) is 4.33. The number of carbonyl (C=O) groups is 1. The highest BCUT2D eigenvalue weighted by Crippen LogP contribution is 2.23. The number of nitrogens with zero attached hydrogens (tertiary/aromatic N) is 2. The first-order valence-electron chi connectivity index (χ1n) is 7.62. The second-order valence-corrected chi connectivity index (χ2v) is 5.71. The number of anilines is 1. The molecule has 0 amide bonds. The number of nitrogens with one attached hydrogen (secondary N) is 1. The van der Waals surface area contributed by atoms with Crippen LogP contribution in [-0.2, 0) is 0 Å². The lowest BCUT2D eigenvalue weighted by Gasteiger charge is -2.41. The van der Waals surface area contributed by atoms with E-state index in [1.807, 2.05) is 12.1 Å². The second-order valence-electron chi connectivity index (χ2n) is 5.71. The Balaban J connectivity index is 1.55. The minimum Gasteiger partial charge on any atom is -0.371 e. The fraction of sp³-hybridized carbons (Fsp3) is 0.562. The SMILES string of the molecule is O=Cc1ccc(N2CCC(N3CCNCC3)CC2)cc1. The van der Waals surface area contributed by atoms with Gasteiger partial charge in [-0.25, -0.2) is 0 Å². The average molecular weight is 273 g/mol. The highest BCUT2D eigenvalue weighted by Gasteiger charge is 2.25. The van der Waals surface area contributed by atoms with Gasteiger partial charge in [0.2, 0.25) is 0 Å². The Hall–Kier alpha value is -1.39. The van der Waals surface area contributed by atoms with Gasteiger partial charge in [0.25, 0.3) is 0 Å². The van der Waals surface area contributed by atoms with Crippen LogP contribution >= 0.6 is 0 Å². The van der Waals surface area contributed by atoms with Crippen LogP contribution in [0.5, 0.6) is 0 Å². The zero-order valence-corrected chi connectivity index (χ0v) is 11.9. The monoisotopic (exact) mass is 273 g/mol. The number of rotatable bonds is 3. The van der Waals surface area contributed by atoms with E-state index in [0.717, 1.165) is 44.1 Å². The van der Waals surface area contributed by atoms with Crippen molar-refractivity contribution in [3.8, 4) is 0 Å². The van der Waals surface area contributed by atoms with Gasteiger partial charge in [-0.15, -0.1) is 0 Å². The van der Waals surface area contributed by atoms with Crippen LogP contribution < -0.4 is 10.2 Å². The van der Waals surface area contributed by atoms with Crippen molar-refractivity contribution in [1.82, 2.24) is 10.2 Å². The average Bonchev–Trinajstić information content (AvgIpc) is 2.56. The summed E-state index contributed by atoms with van der Waals surface area (Å²) in [4.78, 5) is 15.8. The first-order chi connectivity index (χ1) is 9.86. The van der Waals surface area contributed by atoms with Crippen molar-refractivity contribution in [2.24, 2.45) is 0 Å². The van der Waals surface area contributed by atoms with Crippen molar-refractivity contribution < 1.29 is 4.79 Å². The summed E-state index contributed by atoms with van der Waals surface area (Å²) in [5, 5.41) is 3.42. The van der Waals surface area contributed by atoms with Gasteiger partial charge in [0.15, 0.2) is 0 Å². The van der Waals surface area contributed by atoms with E-state index in [1.165, 1.54) is 31.6 Å². The van der Waals surface area contributed by atoms with E-state index >= 15 is 0 Å². The third-order valence-corrected chi connectivity index (χ3v) is 4.53. The topological polar surface area (TPSA) is 35.6 Å². The minimum atomic E-state index is 0.752. The number of carbonyl (C=O) groups excluding carboxylic acids is 1.